The summed E-state index contributed by atoms with van der Waals surface area (Å²) in [4.78, 5) is 26.7. The first kappa shape index (κ1) is 18.1. The molecule has 2 amide bonds. The topological polar surface area (TPSA) is 79.3 Å². The second kappa shape index (κ2) is 7.70. The van der Waals surface area contributed by atoms with Crippen molar-refractivity contribution in [2.24, 2.45) is 0 Å². The summed E-state index contributed by atoms with van der Waals surface area (Å²) in [5, 5.41) is 9.75. The van der Waals surface area contributed by atoms with E-state index in [1.165, 1.54) is 0 Å². The van der Waals surface area contributed by atoms with Gasteiger partial charge in [-0.1, -0.05) is 30.3 Å². The molecular formula is C19H25N5O2. The number of anilines is 1. The van der Waals surface area contributed by atoms with E-state index in [2.05, 4.69) is 20.6 Å². The van der Waals surface area contributed by atoms with E-state index in [0.717, 1.165) is 31.4 Å². The normalized spacial score (nSPS) is 15.3. The fourth-order valence-corrected chi connectivity index (χ4v) is 3.09. The van der Waals surface area contributed by atoms with Crippen LogP contribution in [0.25, 0.3) is 0 Å². The highest BCUT2D eigenvalue weighted by atomic mass is 16.2. The fourth-order valence-electron chi connectivity index (χ4n) is 3.09. The highest BCUT2D eigenvalue weighted by Gasteiger charge is 2.41. The minimum atomic E-state index is -0.667. The lowest BCUT2D eigenvalue weighted by Gasteiger charge is -2.42. The summed E-state index contributed by atoms with van der Waals surface area (Å²) in [5.41, 5.74) is 1.14. The molecule has 3 rings (SSSR count). The molecule has 1 saturated carbocycles. The van der Waals surface area contributed by atoms with Crippen molar-refractivity contribution >= 4 is 17.5 Å². The molecule has 2 aromatic rings. The van der Waals surface area contributed by atoms with Crippen LogP contribution in [0.5, 0.6) is 0 Å². The fraction of sp³-hybridized carbons (Fsp3) is 0.421. The Morgan fingerprint density at radius 2 is 1.92 bits per heavy atom. The zero-order chi connectivity index (χ0) is 18.6. The zero-order valence-corrected chi connectivity index (χ0v) is 15.2. The molecule has 1 heterocycles. The van der Waals surface area contributed by atoms with Gasteiger partial charge in [-0.25, -0.2) is 0 Å². The molecular weight excluding hydrogens is 330 g/mol. The standard InChI is InChI=1S/C19H25N5O2/c1-23(2)11-12-24-14-16(13-20-24)21-17(25)18(26)22-19(9-6-10-19)15-7-4-3-5-8-15/h3-5,7-8,13-14H,6,9-12H2,1-2H3,(H,21,25)(H,22,26). The van der Waals surface area contributed by atoms with Gasteiger partial charge in [-0.05, 0) is 38.9 Å². The highest BCUT2D eigenvalue weighted by molar-refractivity contribution is 6.39. The van der Waals surface area contributed by atoms with Gasteiger partial charge in [-0.15, -0.1) is 0 Å². The Morgan fingerprint density at radius 3 is 2.54 bits per heavy atom. The molecule has 26 heavy (non-hydrogen) atoms. The molecule has 2 N–H and O–H groups in total. The van der Waals surface area contributed by atoms with E-state index >= 15 is 0 Å². The Balaban J connectivity index is 1.59. The van der Waals surface area contributed by atoms with Crippen LogP contribution in [0.1, 0.15) is 24.8 Å². The van der Waals surface area contributed by atoms with Crippen molar-refractivity contribution in [3.05, 3.63) is 48.3 Å². The molecule has 0 spiro atoms. The molecule has 0 unspecified atom stereocenters. The number of hydrogen-bond donors (Lipinski definition) is 2. The van der Waals surface area contributed by atoms with E-state index in [0.29, 0.717) is 12.2 Å². The van der Waals surface area contributed by atoms with Crippen molar-refractivity contribution in [2.75, 3.05) is 26.0 Å². The van der Waals surface area contributed by atoms with Gasteiger partial charge in [0.1, 0.15) is 0 Å². The number of benzene rings is 1. The third-order valence-electron chi connectivity index (χ3n) is 4.76. The predicted octanol–water partition coefficient (Wildman–Crippen LogP) is 1.58. The molecule has 1 aliphatic rings. The van der Waals surface area contributed by atoms with Gasteiger partial charge in [-0.2, -0.15) is 5.10 Å². The number of likely N-dealkylation sites (N-methyl/N-ethyl adjacent to an activating group) is 1. The monoisotopic (exact) mass is 355 g/mol. The van der Waals surface area contributed by atoms with Crippen LogP contribution >= 0.6 is 0 Å². The second-order valence-electron chi connectivity index (χ2n) is 7.01. The van der Waals surface area contributed by atoms with E-state index in [4.69, 9.17) is 0 Å². The average molecular weight is 355 g/mol. The maximum absolute atomic E-state index is 12.4. The lowest BCUT2D eigenvalue weighted by Crippen LogP contribution is -2.53. The van der Waals surface area contributed by atoms with Crippen LogP contribution in [-0.4, -0.2) is 47.1 Å². The van der Waals surface area contributed by atoms with Gasteiger partial charge in [0.05, 0.1) is 24.0 Å². The number of hydrogen-bond acceptors (Lipinski definition) is 4. The summed E-state index contributed by atoms with van der Waals surface area (Å²) in [7, 11) is 3.97. The first-order chi connectivity index (χ1) is 12.5. The summed E-state index contributed by atoms with van der Waals surface area (Å²) in [5.74, 6) is -1.28. The van der Waals surface area contributed by atoms with Gasteiger partial charge in [0.2, 0.25) is 0 Å². The van der Waals surface area contributed by atoms with E-state index in [1.807, 2.05) is 44.4 Å². The van der Waals surface area contributed by atoms with Crippen molar-refractivity contribution in [1.82, 2.24) is 20.0 Å². The number of carbonyl (C=O) groups is 2. The Morgan fingerprint density at radius 1 is 1.19 bits per heavy atom. The van der Waals surface area contributed by atoms with Crippen molar-refractivity contribution in [1.29, 1.82) is 0 Å². The molecule has 138 valence electrons. The van der Waals surface area contributed by atoms with Crippen LogP contribution in [0, 0.1) is 0 Å². The van der Waals surface area contributed by atoms with Crippen molar-refractivity contribution < 1.29 is 9.59 Å². The third kappa shape index (κ3) is 4.11. The van der Waals surface area contributed by atoms with Crippen LogP contribution in [0.4, 0.5) is 5.69 Å². The molecule has 7 heteroatoms. The Hall–Kier alpha value is -2.67. The molecule has 1 aromatic carbocycles. The Labute approximate surface area is 153 Å². The van der Waals surface area contributed by atoms with Crippen molar-refractivity contribution in [2.45, 2.75) is 31.3 Å². The minimum Gasteiger partial charge on any atom is -0.338 e. The quantitative estimate of drug-likeness (QED) is 0.771. The summed E-state index contributed by atoms with van der Waals surface area (Å²) >= 11 is 0. The molecule has 1 aromatic heterocycles. The van der Waals surface area contributed by atoms with Crippen LogP contribution in [0.15, 0.2) is 42.7 Å². The van der Waals surface area contributed by atoms with Crippen LogP contribution in [0.2, 0.25) is 0 Å². The molecule has 0 atom stereocenters. The molecule has 1 aliphatic carbocycles. The highest BCUT2D eigenvalue weighted by Crippen LogP contribution is 2.41. The van der Waals surface area contributed by atoms with Gasteiger partial charge in [-0.3, -0.25) is 14.3 Å². The maximum Gasteiger partial charge on any atom is 0.313 e. The molecule has 1 fully saturated rings. The predicted molar refractivity (Wildman–Crippen MR) is 99.5 cm³/mol. The summed E-state index contributed by atoms with van der Waals surface area (Å²) in [6.45, 7) is 1.56. The number of nitrogens with zero attached hydrogens (tertiary/aromatic N) is 3. The Bertz CT molecular complexity index is 765. The largest absolute Gasteiger partial charge is 0.338 e. The molecule has 0 aliphatic heterocycles. The lowest BCUT2D eigenvalue weighted by molar-refractivity contribution is -0.138. The van der Waals surface area contributed by atoms with Crippen LogP contribution < -0.4 is 10.6 Å². The number of aromatic nitrogens is 2. The number of carbonyl (C=O) groups excluding carboxylic acids is 2. The van der Waals surface area contributed by atoms with Crippen LogP contribution in [0.3, 0.4) is 0 Å². The Kier molecular flexibility index (Phi) is 5.37. The smallest absolute Gasteiger partial charge is 0.313 e. The van der Waals surface area contributed by atoms with Gasteiger partial charge in [0, 0.05) is 12.7 Å². The van der Waals surface area contributed by atoms with Gasteiger partial charge < -0.3 is 15.5 Å². The summed E-state index contributed by atoms with van der Waals surface area (Å²) in [6, 6.07) is 9.82. The first-order valence-corrected chi connectivity index (χ1v) is 8.85. The molecule has 0 radical (unpaired) electrons. The van der Waals surface area contributed by atoms with E-state index < -0.39 is 17.4 Å². The summed E-state index contributed by atoms with van der Waals surface area (Å²) < 4.78 is 1.74. The van der Waals surface area contributed by atoms with Crippen LogP contribution in [-0.2, 0) is 21.7 Å². The molecule has 0 bridgehead atoms. The number of amides is 2. The van der Waals surface area contributed by atoms with E-state index in [-0.39, 0.29) is 0 Å². The van der Waals surface area contributed by atoms with Gasteiger partial charge >= 0.3 is 11.8 Å². The average Bonchev–Trinajstić information content (AvgIpc) is 3.04. The zero-order valence-electron chi connectivity index (χ0n) is 15.2. The summed E-state index contributed by atoms with van der Waals surface area (Å²) in [6.07, 6.45) is 6.01. The third-order valence-corrected chi connectivity index (χ3v) is 4.76. The number of rotatable bonds is 6. The number of nitrogens with one attached hydrogen (secondary N) is 2. The van der Waals surface area contributed by atoms with Crippen molar-refractivity contribution in [3.63, 3.8) is 0 Å². The lowest BCUT2D eigenvalue weighted by atomic mass is 9.72. The second-order valence-corrected chi connectivity index (χ2v) is 7.01. The molecule has 7 nitrogen and oxygen atoms in total. The molecule has 0 saturated heterocycles. The minimum absolute atomic E-state index is 0.425. The first-order valence-electron chi connectivity index (χ1n) is 8.85. The van der Waals surface area contributed by atoms with Gasteiger partial charge in [0.25, 0.3) is 0 Å². The van der Waals surface area contributed by atoms with E-state index in [1.54, 1.807) is 17.1 Å². The SMILES string of the molecule is CN(C)CCn1cc(NC(=O)C(=O)NC2(c3ccccc3)CCC2)cn1. The van der Waals surface area contributed by atoms with E-state index in [9.17, 15) is 9.59 Å². The van der Waals surface area contributed by atoms with Crippen molar-refractivity contribution in [3.8, 4) is 0 Å². The maximum atomic E-state index is 12.4. The van der Waals surface area contributed by atoms with Gasteiger partial charge in [0.15, 0.2) is 0 Å².